The highest BCUT2D eigenvalue weighted by atomic mass is 32.2. The number of esters is 1. The van der Waals surface area contributed by atoms with Gasteiger partial charge in [0, 0.05) is 0 Å². The molecule has 0 radical (unpaired) electrons. The Hall–Kier alpha value is -2.68. The summed E-state index contributed by atoms with van der Waals surface area (Å²) >= 11 is 1.12. The zero-order chi connectivity index (χ0) is 18.0. The first kappa shape index (κ1) is 17.2. The van der Waals surface area contributed by atoms with E-state index in [9.17, 15) is 14.0 Å². The number of nitrogens with zero attached hydrogens (tertiary/aromatic N) is 3. The third-order valence-corrected chi connectivity index (χ3v) is 4.80. The predicted molar refractivity (Wildman–Crippen MR) is 91.4 cm³/mol. The number of aromatic amines is 1. The Balaban J connectivity index is 2.05. The average molecular weight is 362 g/mol. The van der Waals surface area contributed by atoms with Gasteiger partial charge in [0.15, 0.2) is 10.8 Å². The zero-order valence-electron chi connectivity index (χ0n) is 13.5. The number of benzene rings is 1. The first-order valence-corrected chi connectivity index (χ1v) is 8.40. The smallest absolute Gasteiger partial charge is 0.319 e. The topological polar surface area (TPSA) is 89.9 Å². The van der Waals surface area contributed by atoms with E-state index in [0.29, 0.717) is 28.3 Å². The van der Waals surface area contributed by atoms with E-state index in [1.54, 1.807) is 12.1 Å². The van der Waals surface area contributed by atoms with Gasteiger partial charge in [-0.25, -0.2) is 14.1 Å². The number of hydrogen-bond acceptors (Lipinski definition) is 6. The minimum atomic E-state index is -0.479. The summed E-state index contributed by atoms with van der Waals surface area (Å²) < 4.78 is 19.3. The molecule has 1 N–H and O–H groups in total. The van der Waals surface area contributed by atoms with Crippen molar-refractivity contribution in [2.45, 2.75) is 23.8 Å². The van der Waals surface area contributed by atoms with Crippen LogP contribution in [0.3, 0.4) is 0 Å². The van der Waals surface area contributed by atoms with E-state index in [1.165, 1.54) is 30.1 Å². The molecule has 3 aromatic rings. The van der Waals surface area contributed by atoms with Crippen molar-refractivity contribution in [3.63, 3.8) is 0 Å². The quantitative estimate of drug-likeness (QED) is 0.425. The number of carbonyl (C=O) groups is 1. The summed E-state index contributed by atoms with van der Waals surface area (Å²) in [4.78, 5) is 31.1. The Labute approximate surface area is 146 Å². The fourth-order valence-electron chi connectivity index (χ4n) is 2.29. The van der Waals surface area contributed by atoms with Crippen molar-refractivity contribution < 1.29 is 13.9 Å². The first-order valence-electron chi connectivity index (χ1n) is 7.52. The molecule has 0 aliphatic carbocycles. The van der Waals surface area contributed by atoms with Crippen LogP contribution in [0.5, 0.6) is 0 Å². The number of carbonyl (C=O) groups excluding carboxylic acids is 1. The molecule has 0 unspecified atom stereocenters. The molecule has 25 heavy (non-hydrogen) atoms. The molecule has 0 bridgehead atoms. The van der Waals surface area contributed by atoms with Crippen molar-refractivity contribution in [3.05, 3.63) is 46.6 Å². The molecule has 9 heteroatoms. The van der Waals surface area contributed by atoms with Crippen molar-refractivity contribution >= 4 is 28.8 Å². The van der Waals surface area contributed by atoms with E-state index in [2.05, 4.69) is 15.1 Å². The van der Waals surface area contributed by atoms with Crippen LogP contribution in [-0.2, 0) is 9.53 Å². The Kier molecular flexibility index (Phi) is 4.84. The number of rotatable bonds is 5. The van der Waals surface area contributed by atoms with E-state index in [-0.39, 0.29) is 17.3 Å². The van der Waals surface area contributed by atoms with E-state index in [4.69, 9.17) is 4.74 Å². The van der Waals surface area contributed by atoms with Crippen LogP contribution < -0.4 is 5.56 Å². The molecule has 0 spiro atoms. The van der Waals surface area contributed by atoms with Crippen molar-refractivity contribution in [2.24, 2.45) is 0 Å². The summed E-state index contributed by atoms with van der Waals surface area (Å²) in [7, 11) is 1.31. The van der Waals surface area contributed by atoms with Crippen LogP contribution in [0.4, 0.5) is 4.39 Å². The number of hydrogen-bond donors (Lipinski definition) is 1. The second kappa shape index (κ2) is 7.06. The number of nitrogens with one attached hydrogen (secondary N) is 1. The van der Waals surface area contributed by atoms with Gasteiger partial charge in [-0.3, -0.25) is 9.59 Å². The highest BCUT2D eigenvalue weighted by molar-refractivity contribution is 8.00. The lowest BCUT2D eigenvalue weighted by atomic mass is 10.3. The van der Waals surface area contributed by atoms with Crippen molar-refractivity contribution in [2.75, 3.05) is 7.11 Å². The normalized spacial score (nSPS) is 12.3. The fourth-order valence-corrected chi connectivity index (χ4v) is 3.21. The number of H-pyrrole nitrogens is 1. The van der Waals surface area contributed by atoms with Crippen LogP contribution in [0.15, 0.2) is 40.4 Å². The standard InChI is InChI=1S/C16H15FN4O3S/c1-3-12(15(23)24-2)25-16-19-13-11(14(22)20-16)8-18-21(13)10-6-4-9(17)5-7-10/h4-8,12H,3H2,1-2H3,(H,19,20,22)/t12-/m1/s1. The molecule has 130 valence electrons. The lowest BCUT2D eigenvalue weighted by Crippen LogP contribution is -2.19. The lowest BCUT2D eigenvalue weighted by molar-refractivity contribution is -0.140. The summed E-state index contributed by atoms with van der Waals surface area (Å²) in [5, 5.41) is 4.28. The number of fused-ring (bicyclic) bond motifs is 1. The maximum atomic E-state index is 13.1. The van der Waals surface area contributed by atoms with Crippen LogP contribution in [0, 0.1) is 5.82 Å². The number of ether oxygens (including phenoxy) is 1. The number of thioether (sulfide) groups is 1. The Morgan fingerprint density at radius 2 is 2.12 bits per heavy atom. The molecule has 3 rings (SSSR count). The molecule has 1 aromatic carbocycles. The van der Waals surface area contributed by atoms with Crippen LogP contribution >= 0.6 is 11.8 Å². The SMILES string of the molecule is CC[C@@H](Sc1nc2c(cnn2-c2ccc(F)cc2)c(=O)[nH]1)C(=O)OC. The maximum Gasteiger partial charge on any atom is 0.319 e. The second-order valence-corrected chi connectivity index (χ2v) is 6.37. The predicted octanol–water partition coefficient (Wildman–Crippen LogP) is 2.29. The second-order valence-electron chi connectivity index (χ2n) is 5.18. The van der Waals surface area contributed by atoms with Gasteiger partial charge < -0.3 is 9.72 Å². The molecular weight excluding hydrogens is 347 g/mol. The van der Waals surface area contributed by atoms with Crippen molar-refractivity contribution in [1.82, 2.24) is 19.7 Å². The molecule has 0 aliphatic rings. The van der Waals surface area contributed by atoms with Crippen molar-refractivity contribution in [1.29, 1.82) is 0 Å². The summed E-state index contributed by atoms with van der Waals surface area (Å²) in [6.45, 7) is 1.84. The summed E-state index contributed by atoms with van der Waals surface area (Å²) in [5.74, 6) is -0.756. The van der Waals surface area contributed by atoms with Gasteiger partial charge in [0.2, 0.25) is 0 Å². The minimum Gasteiger partial charge on any atom is -0.468 e. The van der Waals surface area contributed by atoms with Crippen LogP contribution in [0.25, 0.3) is 16.7 Å². The summed E-state index contributed by atoms with van der Waals surface area (Å²) in [6, 6.07) is 5.69. The van der Waals surface area contributed by atoms with Gasteiger partial charge in [-0.15, -0.1) is 0 Å². The number of aromatic nitrogens is 4. The van der Waals surface area contributed by atoms with E-state index >= 15 is 0 Å². The molecular formula is C16H15FN4O3S. The van der Waals surface area contributed by atoms with Gasteiger partial charge in [0.25, 0.3) is 5.56 Å². The summed E-state index contributed by atoms with van der Waals surface area (Å²) in [5.41, 5.74) is 0.545. The van der Waals surface area contributed by atoms with Gasteiger partial charge in [-0.2, -0.15) is 5.10 Å². The Morgan fingerprint density at radius 3 is 2.76 bits per heavy atom. The molecule has 2 heterocycles. The fraction of sp³-hybridized carbons (Fsp3) is 0.250. The summed E-state index contributed by atoms with van der Waals surface area (Å²) in [6.07, 6.45) is 1.92. The molecule has 0 saturated heterocycles. The first-order chi connectivity index (χ1) is 12.0. The number of methoxy groups -OCH3 is 1. The van der Waals surface area contributed by atoms with Gasteiger partial charge in [0.05, 0.1) is 19.0 Å². The van der Waals surface area contributed by atoms with E-state index in [0.717, 1.165) is 11.8 Å². The van der Waals surface area contributed by atoms with E-state index in [1.807, 2.05) is 6.92 Å². The van der Waals surface area contributed by atoms with Crippen LogP contribution in [0.1, 0.15) is 13.3 Å². The molecule has 2 aromatic heterocycles. The molecule has 7 nitrogen and oxygen atoms in total. The molecule has 0 amide bonds. The van der Waals surface area contributed by atoms with Crippen LogP contribution in [0.2, 0.25) is 0 Å². The van der Waals surface area contributed by atoms with Crippen LogP contribution in [-0.4, -0.2) is 38.1 Å². The molecule has 0 saturated carbocycles. The maximum absolute atomic E-state index is 13.1. The van der Waals surface area contributed by atoms with Crippen molar-refractivity contribution in [3.8, 4) is 5.69 Å². The van der Waals surface area contributed by atoms with Gasteiger partial charge in [-0.05, 0) is 30.7 Å². The third-order valence-electron chi connectivity index (χ3n) is 3.58. The average Bonchev–Trinajstić information content (AvgIpc) is 3.04. The molecule has 0 aliphatic heterocycles. The largest absolute Gasteiger partial charge is 0.468 e. The molecule has 0 fully saturated rings. The minimum absolute atomic E-state index is 0.290. The monoisotopic (exact) mass is 362 g/mol. The molecule has 1 atom stereocenters. The lowest BCUT2D eigenvalue weighted by Gasteiger charge is -2.11. The van der Waals surface area contributed by atoms with E-state index < -0.39 is 5.25 Å². The van der Waals surface area contributed by atoms with Gasteiger partial charge >= 0.3 is 5.97 Å². The van der Waals surface area contributed by atoms with Gasteiger partial charge in [0.1, 0.15) is 16.5 Å². The Morgan fingerprint density at radius 1 is 1.40 bits per heavy atom. The third kappa shape index (κ3) is 3.41. The number of halogens is 1. The Bertz CT molecular complexity index is 968. The van der Waals surface area contributed by atoms with Gasteiger partial charge in [-0.1, -0.05) is 18.7 Å². The zero-order valence-corrected chi connectivity index (χ0v) is 14.3. The highest BCUT2D eigenvalue weighted by Gasteiger charge is 2.21. The highest BCUT2D eigenvalue weighted by Crippen LogP contribution is 2.24.